The summed E-state index contributed by atoms with van der Waals surface area (Å²) in [6, 6.07) is 17.6. The number of anilines is 1. The SMILES string of the molecule is Cc1ccc(N2C(=O)CC(N(Cc3cccs3)S(=O)(=O)c3ccccc3)C2=O)cc1. The first-order valence-electron chi connectivity index (χ1n) is 9.40. The molecule has 1 saturated heterocycles. The van der Waals surface area contributed by atoms with Gasteiger partial charge in [0.25, 0.3) is 5.91 Å². The van der Waals surface area contributed by atoms with Gasteiger partial charge in [-0.2, -0.15) is 4.31 Å². The summed E-state index contributed by atoms with van der Waals surface area (Å²) in [5.41, 5.74) is 1.45. The number of rotatable bonds is 6. The highest BCUT2D eigenvalue weighted by atomic mass is 32.2. The number of thiophene rings is 1. The molecule has 2 amide bonds. The van der Waals surface area contributed by atoms with Crippen molar-refractivity contribution in [2.45, 2.75) is 30.8 Å². The van der Waals surface area contributed by atoms with Gasteiger partial charge in [0.2, 0.25) is 15.9 Å². The van der Waals surface area contributed by atoms with Gasteiger partial charge in [0.15, 0.2) is 0 Å². The smallest absolute Gasteiger partial charge is 0.252 e. The predicted molar refractivity (Wildman–Crippen MR) is 116 cm³/mol. The van der Waals surface area contributed by atoms with E-state index < -0.39 is 27.9 Å². The third-order valence-electron chi connectivity index (χ3n) is 5.00. The zero-order valence-electron chi connectivity index (χ0n) is 16.3. The number of sulfonamides is 1. The van der Waals surface area contributed by atoms with Crippen LogP contribution in [0, 0.1) is 6.92 Å². The lowest BCUT2D eigenvalue weighted by Gasteiger charge is -2.26. The van der Waals surface area contributed by atoms with Crippen LogP contribution in [0.15, 0.2) is 77.0 Å². The van der Waals surface area contributed by atoms with E-state index in [9.17, 15) is 18.0 Å². The molecule has 1 aromatic heterocycles. The molecule has 0 bridgehead atoms. The first-order chi connectivity index (χ1) is 14.4. The van der Waals surface area contributed by atoms with Crippen LogP contribution in [0.2, 0.25) is 0 Å². The number of benzene rings is 2. The van der Waals surface area contributed by atoms with Crippen molar-refractivity contribution in [1.82, 2.24) is 4.31 Å². The summed E-state index contributed by atoms with van der Waals surface area (Å²) >= 11 is 1.41. The third kappa shape index (κ3) is 3.81. The molecule has 2 heterocycles. The molecule has 1 aliphatic rings. The lowest BCUT2D eigenvalue weighted by atomic mass is 10.2. The van der Waals surface area contributed by atoms with Gasteiger partial charge in [0.05, 0.1) is 17.0 Å². The molecule has 0 spiro atoms. The molecule has 1 atom stereocenters. The van der Waals surface area contributed by atoms with Gasteiger partial charge in [0, 0.05) is 11.4 Å². The number of imide groups is 1. The largest absolute Gasteiger partial charge is 0.274 e. The molecule has 1 aliphatic heterocycles. The summed E-state index contributed by atoms with van der Waals surface area (Å²) in [7, 11) is -3.99. The Kier molecular flexibility index (Phi) is 5.55. The molecule has 1 fully saturated rings. The Bertz CT molecular complexity index is 1160. The topological polar surface area (TPSA) is 74.8 Å². The van der Waals surface area contributed by atoms with Crippen LogP contribution in [0.3, 0.4) is 0 Å². The highest BCUT2D eigenvalue weighted by molar-refractivity contribution is 7.89. The summed E-state index contributed by atoms with van der Waals surface area (Å²) in [6.07, 6.45) is -0.190. The molecule has 2 aromatic carbocycles. The van der Waals surface area contributed by atoms with E-state index in [0.717, 1.165) is 19.6 Å². The number of carbonyl (C=O) groups excluding carboxylic acids is 2. The number of carbonyl (C=O) groups is 2. The van der Waals surface area contributed by atoms with Gasteiger partial charge in [-0.25, -0.2) is 13.3 Å². The Morgan fingerprint density at radius 1 is 1.00 bits per heavy atom. The number of aryl methyl sites for hydroxylation is 1. The Morgan fingerprint density at radius 2 is 1.70 bits per heavy atom. The molecule has 0 saturated carbocycles. The number of hydrogen-bond acceptors (Lipinski definition) is 5. The Morgan fingerprint density at radius 3 is 2.33 bits per heavy atom. The first-order valence-corrected chi connectivity index (χ1v) is 11.7. The molecule has 3 aromatic rings. The average Bonchev–Trinajstić information content (AvgIpc) is 3.35. The normalized spacial score (nSPS) is 17.1. The molecular weight excluding hydrogens is 420 g/mol. The van der Waals surface area contributed by atoms with E-state index in [1.54, 1.807) is 30.3 Å². The van der Waals surface area contributed by atoms with E-state index in [1.807, 2.05) is 36.6 Å². The van der Waals surface area contributed by atoms with Crippen molar-refractivity contribution in [1.29, 1.82) is 0 Å². The number of hydrogen-bond donors (Lipinski definition) is 0. The van der Waals surface area contributed by atoms with Gasteiger partial charge in [-0.1, -0.05) is 42.0 Å². The van der Waals surface area contributed by atoms with Gasteiger partial charge in [-0.05, 0) is 42.6 Å². The van der Waals surface area contributed by atoms with Crippen molar-refractivity contribution in [2.75, 3.05) is 4.90 Å². The fraction of sp³-hybridized carbons (Fsp3) is 0.182. The zero-order chi connectivity index (χ0) is 21.3. The Labute approximate surface area is 179 Å². The second-order valence-corrected chi connectivity index (χ2v) is 9.99. The molecule has 0 aliphatic carbocycles. The van der Waals surface area contributed by atoms with Crippen molar-refractivity contribution < 1.29 is 18.0 Å². The second kappa shape index (κ2) is 8.14. The summed E-state index contributed by atoms with van der Waals surface area (Å²) in [5.74, 6) is -0.937. The quantitative estimate of drug-likeness (QED) is 0.549. The predicted octanol–water partition coefficient (Wildman–Crippen LogP) is 3.58. The number of amides is 2. The van der Waals surface area contributed by atoms with Gasteiger partial charge < -0.3 is 0 Å². The van der Waals surface area contributed by atoms with Crippen LogP contribution >= 0.6 is 11.3 Å². The lowest BCUT2D eigenvalue weighted by molar-refractivity contribution is -0.122. The summed E-state index contributed by atoms with van der Waals surface area (Å²) < 4.78 is 28.0. The maximum absolute atomic E-state index is 13.4. The minimum absolute atomic E-state index is 0.0281. The van der Waals surface area contributed by atoms with Gasteiger partial charge >= 0.3 is 0 Å². The molecule has 154 valence electrons. The van der Waals surface area contributed by atoms with Gasteiger partial charge in [-0.15, -0.1) is 11.3 Å². The maximum atomic E-state index is 13.4. The Balaban J connectivity index is 1.73. The van der Waals surface area contributed by atoms with E-state index >= 15 is 0 Å². The fourth-order valence-electron chi connectivity index (χ4n) is 3.45. The van der Waals surface area contributed by atoms with Crippen LogP contribution in [0.5, 0.6) is 0 Å². The van der Waals surface area contributed by atoms with Crippen molar-refractivity contribution in [3.05, 3.63) is 82.6 Å². The molecule has 30 heavy (non-hydrogen) atoms. The highest BCUT2D eigenvalue weighted by Gasteiger charge is 2.47. The molecule has 6 nitrogen and oxygen atoms in total. The van der Waals surface area contributed by atoms with Gasteiger partial charge in [0.1, 0.15) is 6.04 Å². The summed E-state index contributed by atoms with van der Waals surface area (Å²) in [4.78, 5) is 28.0. The van der Waals surface area contributed by atoms with Gasteiger partial charge in [-0.3, -0.25) is 9.59 Å². The van der Waals surface area contributed by atoms with Crippen LogP contribution < -0.4 is 4.90 Å². The summed E-state index contributed by atoms with van der Waals surface area (Å²) in [6.45, 7) is 1.94. The molecule has 1 unspecified atom stereocenters. The van der Waals surface area contributed by atoms with Crippen molar-refractivity contribution in [2.24, 2.45) is 0 Å². The first kappa shape index (κ1) is 20.5. The zero-order valence-corrected chi connectivity index (χ0v) is 17.9. The molecule has 0 N–H and O–H groups in total. The third-order valence-corrected chi connectivity index (χ3v) is 7.73. The minimum Gasteiger partial charge on any atom is -0.274 e. The van der Waals surface area contributed by atoms with Crippen LogP contribution in [0.25, 0.3) is 0 Å². The molecule has 0 radical (unpaired) electrons. The molecule has 8 heteroatoms. The van der Waals surface area contributed by atoms with Crippen LogP contribution in [0.4, 0.5) is 5.69 Å². The van der Waals surface area contributed by atoms with E-state index in [1.165, 1.54) is 23.5 Å². The van der Waals surface area contributed by atoms with Crippen LogP contribution in [0.1, 0.15) is 16.9 Å². The molecular formula is C22H20N2O4S2. The fourth-order valence-corrected chi connectivity index (χ4v) is 5.82. The second-order valence-electron chi connectivity index (χ2n) is 7.07. The van der Waals surface area contributed by atoms with E-state index in [4.69, 9.17) is 0 Å². The van der Waals surface area contributed by atoms with E-state index in [-0.39, 0.29) is 17.9 Å². The average molecular weight is 441 g/mol. The molecule has 4 rings (SSSR count). The van der Waals surface area contributed by atoms with Crippen molar-refractivity contribution in [3.63, 3.8) is 0 Å². The monoisotopic (exact) mass is 440 g/mol. The Hall–Kier alpha value is -2.81. The highest BCUT2D eigenvalue weighted by Crippen LogP contribution is 2.31. The standard InChI is InChI=1S/C22H20N2O4S2/c1-16-9-11-17(12-10-16)24-21(25)14-20(22(24)26)23(15-18-6-5-13-29-18)30(27,28)19-7-3-2-4-8-19/h2-13,20H,14-15H2,1H3. The maximum Gasteiger partial charge on any atom is 0.252 e. The van der Waals surface area contributed by atoms with Crippen molar-refractivity contribution in [3.8, 4) is 0 Å². The number of nitrogens with zero attached hydrogens (tertiary/aromatic N) is 2. The lowest BCUT2D eigenvalue weighted by Crippen LogP contribution is -2.44. The van der Waals surface area contributed by atoms with Crippen LogP contribution in [-0.4, -0.2) is 30.6 Å². The van der Waals surface area contributed by atoms with E-state index in [0.29, 0.717) is 5.69 Å². The summed E-state index contributed by atoms with van der Waals surface area (Å²) in [5, 5.41) is 1.85. The van der Waals surface area contributed by atoms with Crippen molar-refractivity contribution >= 4 is 38.9 Å². The minimum atomic E-state index is -3.99. The van der Waals surface area contributed by atoms with E-state index in [2.05, 4.69) is 0 Å². The van der Waals surface area contributed by atoms with Crippen LogP contribution in [-0.2, 0) is 26.2 Å².